The predicted molar refractivity (Wildman–Crippen MR) is 94.1 cm³/mol. The quantitative estimate of drug-likeness (QED) is 0.837. The molecule has 0 saturated carbocycles. The van der Waals surface area contributed by atoms with Gasteiger partial charge < -0.3 is 14.8 Å². The zero-order valence-corrected chi connectivity index (χ0v) is 14.8. The molecule has 134 valence electrons. The highest BCUT2D eigenvalue weighted by atomic mass is 32.1. The van der Waals surface area contributed by atoms with Crippen LogP contribution in [0.1, 0.15) is 22.2 Å². The number of rotatable bonds is 3. The normalized spacial score (nSPS) is 16.2. The minimum atomic E-state index is -1.03. The highest BCUT2D eigenvalue weighted by Crippen LogP contribution is 2.42. The van der Waals surface area contributed by atoms with Crippen molar-refractivity contribution in [3.8, 4) is 16.2 Å². The van der Waals surface area contributed by atoms with Crippen LogP contribution in [0.3, 0.4) is 0 Å². The maximum absolute atomic E-state index is 12.5. The van der Waals surface area contributed by atoms with Gasteiger partial charge in [0.05, 0.1) is 0 Å². The van der Waals surface area contributed by atoms with Gasteiger partial charge >= 0.3 is 12.0 Å². The molecular weight excluding hydrogens is 356 g/mol. The Bertz CT molecular complexity index is 907. The van der Waals surface area contributed by atoms with Crippen molar-refractivity contribution in [1.29, 1.82) is 0 Å². The number of ether oxygens (including phenoxy) is 2. The number of hydrogen-bond acceptors (Lipinski definition) is 6. The van der Waals surface area contributed by atoms with Crippen LogP contribution in [0.4, 0.5) is 4.79 Å². The van der Waals surface area contributed by atoms with Crippen molar-refractivity contribution in [3.63, 3.8) is 0 Å². The summed E-state index contributed by atoms with van der Waals surface area (Å²) >= 11 is 1.31. The van der Waals surface area contributed by atoms with E-state index in [-0.39, 0.29) is 6.54 Å². The van der Waals surface area contributed by atoms with Crippen molar-refractivity contribution < 1.29 is 23.9 Å². The second kappa shape index (κ2) is 6.45. The number of fused-ring (bicyclic) bond motifs is 3. The van der Waals surface area contributed by atoms with Crippen molar-refractivity contribution in [3.05, 3.63) is 40.8 Å². The van der Waals surface area contributed by atoms with E-state index in [0.29, 0.717) is 18.0 Å². The van der Waals surface area contributed by atoms with Crippen LogP contribution in [-0.4, -0.2) is 42.0 Å². The third-order valence-corrected chi connectivity index (χ3v) is 5.47. The lowest BCUT2D eigenvalue weighted by Crippen LogP contribution is -2.41. The van der Waals surface area contributed by atoms with Crippen molar-refractivity contribution in [2.24, 2.45) is 0 Å². The molecule has 2 aliphatic heterocycles. The molecule has 1 aromatic heterocycles. The minimum absolute atomic E-state index is 0.279. The van der Waals surface area contributed by atoms with Crippen LogP contribution in [0.5, 0.6) is 5.75 Å². The van der Waals surface area contributed by atoms with Gasteiger partial charge in [0.2, 0.25) is 0 Å². The standard InChI is InChI=1S/C18H16N2O5S/c1-10(16(21)20-7-6-19-18(20)23)25-17(22)14-8-11-9-24-13-5-3-2-4-12(13)15(11)26-14/h2-5,8,10H,6-7,9H2,1H3,(H,19,23)/t10-/m0/s1. The summed E-state index contributed by atoms with van der Waals surface area (Å²) in [5, 5.41) is 2.55. The van der Waals surface area contributed by atoms with E-state index in [1.165, 1.54) is 18.3 Å². The molecule has 1 atom stereocenters. The third kappa shape index (κ3) is 2.82. The molecule has 1 aromatic carbocycles. The lowest BCUT2D eigenvalue weighted by molar-refractivity contribution is -0.135. The summed E-state index contributed by atoms with van der Waals surface area (Å²) in [6.07, 6.45) is -1.03. The Hall–Kier alpha value is -2.87. The fourth-order valence-corrected chi connectivity index (χ4v) is 4.05. The number of nitrogens with one attached hydrogen (secondary N) is 1. The van der Waals surface area contributed by atoms with Gasteiger partial charge in [-0.15, -0.1) is 11.3 Å². The molecule has 7 nitrogen and oxygen atoms in total. The number of esters is 1. The first-order valence-electron chi connectivity index (χ1n) is 8.19. The largest absolute Gasteiger partial charge is 0.488 e. The molecular formula is C18H16N2O5S. The van der Waals surface area contributed by atoms with Crippen molar-refractivity contribution in [2.45, 2.75) is 19.6 Å². The van der Waals surface area contributed by atoms with Gasteiger partial charge in [0, 0.05) is 29.1 Å². The van der Waals surface area contributed by atoms with Crippen molar-refractivity contribution in [2.75, 3.05) is 13.1 Å². The number of carbonyl (C=O) groups is 3. The molecule has 0 bridgehead atoms. The number of amides is 3. The van der Waals surface area contributed by atoms with Gasteiger partial charge in [-0.2, -0.15) is 0 Å². The number of benzene rings is 1. The zero-order valence-electron chi connectivity index (χ0n) is 14.0. The summed E-state index contributed by atoms with van der Waals surface area (Å²) in [6.45, 7) is 2.54. The number of urea groups is 1. The van der Waals surface area contributed by atoms with Gasteiger partial charge in [0.15, 0.2) is 6.10 Å². The monoisotopic (exact) mass is 372 g/mol. The number of para-hydroxylation sites is 1. The molecule has 3 heterocycles. The van der Waals surface area contributed by atoms with E-state index in [9.17, 15) is 14.4 Å². The van der Waals surface area contributed by atoms with Crippen LogP contribution in [0.25, 0.3) is 10.4 Å². The SMILES string of the molecule is C[C@H](OC(=O)c1cc2c(s1)-c1ccccc1OC2)C(=O)N1CCNC1=O. The molecule has 1 N–H and O–H groups in total. The summed E-state index contributed by atoms with van der Waals surface area (Å²) in [5.74, 6) is -0.323. The number of hydrogen-bond donors (Lipinski definition) is 1. The predicted octanol–water partition coefficient (Wildman–Crippen LogP) is 2.40. The Kier molecular flexibility index (Phi) is 4.12. The molecule has 4 rings (SSSR count). The molecule has 2 aliphatic rings. The van der Waals surface area contributed by atoms with Gasteiger partial charge in [-0.05, 0) is 25.1 Å². The highest BCUT2D eigenvalue weighted by Gasteiger charge is 2.32. The number of thiophene rings is 1. The average Bonchev–Trinajstić information content (AvgIpc) is 3.27. The Labute approximate surface area is 153 Å². The Morgan fingerprint density at radius 2 is 2.15 bits per heavy atom. The third-order valence-electron chi connectivity index (χ3n) is 4.28. The van der Waals surface area contributed by atoms with E-state index in [1.54, 1.807) is 6.07 Å². The molecule has 0 spiro atoms. The summed E-state index contributed by atoms with van der Waals surface area (Å²) < 4.78 is 11.0. The van der Waals surface area contributed by atoms with E-state index in [2.05, 4.69) is 5.32 Å². The Balaban J connectivity index is 1.51. The summed E-state index contributed by atoms with van der Waals surface area (Å²) in [7, 11) is 0. The first-order valence-corrected chi connectivity index (χ1v) is 9.01. The molecule has 0 aliphatic carbocycles. The summed E-state index contributed by atoms with van der Waals surface area (Å²) in [5.41, 5.74) is 1.86. The van der Waals surface area contributed by atoms with E-state index < -0.39 is 24.0 Å². The Morgan fingerprint density at radius 3 is 2.92 bits per heavy atom. The fourth-order valence-electron chi connectivity index (χ4n) is 2.97. The van der Waals surface area contributed by atoms with Crippen LogP contribution in [-0.2, 0) is 16.1 Å². The number of carbonyl (C=O) groups excluding carboxylic acids is 3. The summed E-state index contributed by atoms with van der Waals surface area (Å²) in [6, 6.07) is 8.91. The molecule has 8 heteroatoms. The molecule has 1 fully saturated rings. The van der Waals surface area contributed by atoms with E-state index in [1.807, 2.05) is 24.3 Å². The lowest BCUT2D eigenvalue weighted by Gasteiger charge is -2.17. The van der Waals surface area contributed by atoms with Gasteiger partial charge in [-0.1, -0.05) is 12.1 Å². The van der Waals surface area contributed by atoms with Crippen LogP contribution in [0.15, 0.2) is 30.3 Å². The smallest absolute Gasteiger partial charge is 0.349 e. The Morgan fingerprint density at radius 1 is 1.35 bits per heavy atom. The maximum atomic E-state index is 12.5. The highest BCUT2D eigenvalue weighted by molar-refractivity contribution is 7.17. The second-order valence-electron chi connectivity index (χ2n) is 6.02. The van der Waals surface area contributed by atoms with Crippen LogP contribution in [0, 0.1) is 0 Å². The van der Waals surface area contributed by atoms with Gasteiger partial charge in [-0.3, -0.25) is 9.69 Å². The van der Waals surface area contributed by atoms with E-state index in [4.69, 9.17) is 9.47 Å². The molecule has 0 radical (unpaired) electrons. The van der Waals surface area contributed by atoms with Crippen LogP contribution < -0.4 is 10.1 Å². The summed E-state index contributed by atoms with van der Waals surface area (Å²) in [4.78, 5) is 38.7. The van der Waals surface area contributed by atoms with E-state index in [0.717, 1.165) is 26.7 Å². The van der Waals surface area contributed by atoms with Gasteiger partial charge in [0.25, 0.3) is 5.91 Å². The maximum Gasteiger partial charge on any atom is 0.349 e. The fraction of sp³-hybridized carbons (Fsp3) is 0.278. The number of imide groups is 1. The molecule has 3 amide bonds. The zero-order chi connectivity index (χ0) is 18.3. The first-order chi connectivity index (χ1) is 12.5. The van der Waals surface area contributed by atoms with Crippen LogP contribution >= 0.6 is 11.3 Å². The molecule has 2 aromatic rings. The number of nitrogens with zero attached hydrogens (tertiary/aromatic N) is 1. The van der Waals surface area contributed by atoms with Crippen molar-refractivity contribution in [1.82, 2.24) is 10.2 Å². The molecule has 0 unspecified atom stereocenters. The molecule has 1 saturated heterocycles. The average molecular weight is 372 g/mol. The first kappa shape index (κ1) is 16.6. The van der Waals surface area contributed by atoms with Gasteiger partial charge in [-0.25, -0.2) is 9.59 Å². The lowest BCUT2D eigenvalue weighted by atomic mass is 10.1. The van der Waals surface area contributed by atoms with Gasteiger partial charge in [0.1, 0.15) is 17.2 Å². The van der Waals surface area contributed by atoms with Crippen molar-refractivity contribution >= 4 is 29.2 Å². The topological polar surface area (TPSA) is 84.9 Å². The van der Waals surface area contributed by atoms with Crippen LogP contribution in [0.2, 0.25) is 0 Å². The van der Waals surface area contributed by atoms with E-state index >= 15 is 0 Å². The molecule has 26 heavy (non-hydrogen) atoms. The second-order valence-corrected chi connectivity index (χ2v) is 7.07. The minimum Gasteiger partial charge on any atom is -0.488 e.